The molecule has 0 bridgehead atoms. The first-order valence-electron chi connectivity index (χ1n) is 11.6. The summed E-state index contributed by atoms with van der Waals surface area (Å²) in [6, 6.07) is 17.0. The van der Waals surface area contributed by atoms with Crippen LogP contribution in [0, 0.1) is 0 Å². The van der Waals surface area contributed by atoms with Gasteiger partial charge in [0.2, 0.25) is 5.56 Å². The van der Waals surface area contributed by atoms with Crippen molar-refractivity contribution in [2.75, 3.05) is 39.3 Å². The van der Waals surface area contributed by atoms with Gasteiger partial charge in [0, 0.05) is 44.2 Å². The molecule has 32 heavy (non-hydrogen) atoms. The summed E-state index contributed by atoms with van der Waals surface area (Å²) in [4.78, 5) is 19.8. The average Bonchev–Trinajstić information content (AvgIpc) is 2.82. The van der Waals surface area contributed by atoms with Crippen molar-refractivity contribution in [2.45, 2.75) is 32.5 Å². The lowest BCUT2D eigenvalue weighted by Gasteiger charge is -2.35. The SMILES string of the molecule is CCCCN1CCN(C[C@H](O)c2ccc(OCc3ccccc3)c3[nH]c(=O)ccc23)CC1. The second-order valence-electron chi connectivity index (χ2n) is 8.55. The number of nitrogens with zero attached hydrogens (tertiary/aromatic N) is 2. The van der Waals surface area contributed by atoms with Gasteiger partial charge in [0.1, 0.15) is 12.4 Å². The molecule has 1 aliphatic rings. The molecule has 1 fully saturated rings. The molecule has 0 spiro atoms. The third-order valence-electron chi connectivity index (χ3n) is 6.21. The number of aromatic nitrogens is 1. The number of unbranched alkanes of at least 4 members (excludes halogenated alkanes) is 1. The summed E-state index contributed by atoms with van der Waals surface area (Å²) >= 11 is 0. The van der Waals surface area contributed by atoms with Gasteiger partial charge in [0.05, 0.1) is 11.6 Å². The molecular weight excluding hydrogens is 402 g/mol. The fraction of sp³-hybridized carbons (Fsp3) is 0.423. The van der Waals surface area contributed by atoms with Crippen molar-refractivity contribution in [1.82, 2.24) is 14.8 Å². The van der Waals surface area contributed by atoms with Gasteiger partial charge in [-0.1, -0.05) is 49.7 Å². The van der Waals surface area contributed by atoms with Crippen LogP contribution in [0.2, 0.25) is 0 Å². The van der Waals surface area contributed by atoms with E-state index in [4.69, 9.17) is 4.74 Å². The zero-order chi connectivity index (χ0) is 22.3. The minimum Gasteiger partial charge on any atom is -0.487 e. The van der Waals surface area contributed by atoms with Gasteiger partial charge >= 0.3 is 0 Å². The van der Waals surface area contributed by atoms with Crippen LogP contribution in [-0.4, -0.2) is 59.2 Å². The van der Waals surface area contributed by atoms with Crippen LogP contribution in [0.15, 0.2) is 59.4 Å². The second-order valence-corrected chi connectivity index (χ2v) is 8.55. The van der Waals surface area contributed by atoms with E-state index in [-0.39, 0.29) is 5.56 Å². The van der Waals surface area contributed by atoms with Crippen molar-refractivity contribution in [3.63, 3.8) is 0 Å². The van der Waals surface area contributed by atoms with Gasteiger partial charge in [0.25, 0.3) is 0 Å². The molecule has 0 aliphatic carbocycles. The molecular formula is C26H33N3O3. The summed E-state index contributed by atoms with van der Waals surface area (Å²) in [5, 5.41) is 11.9. The Balaban J connectivity index is 1.47. The predicted octanol–water partition coefficient (Wildman–Crippen LogP) is 3.56. The van der Waals surface area contributed by atoms with Gasteiger partial charge in [-0.3, -0.25) is 9.69 Å². The van der Waals surface area contributed by atoms with Gasteiger partial charge in [-0.05, 0) is 36.2 Å². The van der Waals surface area contributed by atoms with Crippen molar-refractivity contribution in [2.24, 2.45) is 0 Å². The number of pyridine rings is 1. The number of ether oxygens (including phenoxy) is 1. The molecule has 3 aromatic rings. The number of hydrogen-bond donors (Lipinski definition) is 2. The number of aromatic amines is 1. The van der Waals surface area contributed by atoms with Gasteiger partial charge in [0.15, 0.2) is 0 Å². The molecule has 2 N–H and O–H groups in total. The lowest BCUT2D eigenvalue weighted by Crippen LogP contribution is -2.47. The third-order valence-corrected chi connectivity index (χ3v) is 6.21. The highest BCUT2D eigenvalue weighted by atomic mass is 16.5. The molecule has 2 aromatic carbocycles. The predicted molar refractivity (Wildman–Crippen MR) is 128 cm³/mol. The molecule has 6 heteroatoms. The molecule has 0 saturated carbocycles. The Hall–Kier alpha value is -2.67. The highest BCUT2D eigenvalue weighted by Gasteiger charge is 2.21. The van der Waals surface area contributed by atoms with E-state index in [1.54, 1.807) is 6.07 Å². The summed E-state index contributed by atoms with van der Waals surface area (Å²) in [7, 11) is 0. The van der Waals surface area contributed by atoms with E-state index in [9.17, 15) is 9.90 Å². The lowest BCUT2D eigenvalue weighted by molar-refractivity contribution is 0.0727. The van der Waals surface area contributed by atoms with Crippen LogP contribution in [-0.2, 0) is 6.61 Å². The van der Waals surface area contributed by atoms with Crippen molar-refractivity contribution in [1.29, 1.82) is 0 Å². The molecule has 1 aliphatic heterocycles. The average molecular weight is 436 g/mol. The summed E-state index contributed by atoms with van der Waals surface area (Å²) in [6.07, 6.45) is 1.83. The molecule has 2 heterocycles. The molecule has 1 atom stereocenters. The monoisotopic (exact) mass is 435 g/mol. The molecule has 170 valence electrons. The Labute approximate surface area is 189 Å². The van der Waals surface area contributed by atoms with Crippen LogP contribution in [0.3, 0.4) is 0 Å². The van der Waals surface area contributed by atoms with Gasteiger partial charge in [-0.15, -0.1) is 0 Å². The topological polar surface area (TPSA) is 68.8 Å². The van der Waals surface area contributed by atoms with E-state index < -0.39 is 6.10 Å². The van der Waals surface area contributed by atoms with E-state index in [1.165, 1.54) is 18.9 Å². The maximum Gasteiger partial charge on any atom is 0.248 e. The Morgan fingerprint density at radius 1 is 1.00 bits per heavy atom. The maximum atomic E-state index is 12.0. The Morgan fingerprint density at radius 2 is 1.75 bits per heavy atom. The number of aliphatic hydroxyl groups excluding tert-OH is 1. The number of aliphatic hydroxyl groups is 1. The first-order chi connectivity index (χ1) is 15.6. The van der Waals surface area contributed by atoms with E-state index in [0.717, 1.165) is 49.2 Å². The van der Waals surface area contributed by atoms with Crippen LogP contribution < -0.4 is 10.3 Å². The normalized spacial score (nSPS) is 16.3. The van der Waals surface area contributed by atoms with Crippen LogP contribution in [0.25, 0.3) is 10.9 Å². The summed E-state index contributed by atoms with van der Waals surface area (Å²) < 4.78 is 6.02. The quantitative estimate of drug-likeness (QED) is 0.538. The molecule has 6 nitrogen and oxygen atoms in total. The van der Waals surface area contributed by atoms with Crippen molar-refractivity contribution < 1.29 is 9.84 Å². The highest BCUT2D eigenvalue weighted by Crippen LogP contribution is 2.30. The first-order valence-corrected chi connectivity index (χ1v) is 11.6. The largest absolute Gasteiger partial charge is 0.487 e. The number of rotatable bonds is 9. The fourth-order valence-corrected chi connectivity index (χ4v) is 4.31. The zero-order valence-electron chi connectivity index (χ0n) is 18.8. The Bertz CT molecular complexity index is 1060. The number of fused-ring (bicyclic) bond motifs is 1. The number of β-amino-alcohol motifs (C(OH)–C–C–N with tert-alkyl or cyclic N) is 1. The number of benzene rings is 2. The van der Waals surface area contributed by atoms with E-state index >= 15 is 0 Å². The number of piperazine rings is 1. The standard InChI is InChI=1S/C26H33N3O3/c1-2-3-13-28-14-16-29(17-15-28)18-23(30)21-9-11-24(26-22(21)10-12-25(31)27-26)32-19-20-7-5-4-6-8-20/h4-12,23,30H,2-3,13-19H2,1H3,(H,27,31)/t23-/m0/s1. The number of H-pyrrole nitrogens is 1. The summed E-state index contributed by atoms with van der Waals surface area (Å²) in [5.74, 6) is 0.613. The number of hydrogen-bond acceptors (Lipinski definition) is 5. The Kier molecular flexibility index (Phi) is 7.58. The molecule has 1 saturated heterocycles. The highest BCUT2D eigenvalue weighted by molar-refractivity contribution is 5.87. The third kappa shape index (κ3) is 5.57. The Morgan fingerprint density at radius 3 is 2.50 bits per heavy atom. The maximum absolute atomic E-state index is 12.0. The van der Waals surface area contributed by atoms with Gasteiger partial charge in [-0.2, -0.15) is 0 Å². The number of nitrogens with one attached hydrogen (secondary N) is 1. The molecule has 0 amide bonds. The summed E-state index contributed by atoms with van der Waals surface area (Å²) in [6.45, 7) is 8.41. The fourth-order valence-electron chi connectivity index (χ4n) is 4.31. The van der Waals surface area contributed by atoms with Crippen LogP contribution >= 0.6 is 0 Å². The molecule has 0 unspecified atom stereocenters. The van der Waals surface area contributed by atoms with E-state index in [1.807, 2.05) is 42.5 Å². The first kappa shape index (κ1) is 22.5. The van der Waals surface area contributed by atoms with Crippen LogP contribution in [0.5, 0.6) is 5.75 Å². The second kappa shape index (κ2) is 10.8. The van der Waals surface area contributed by atoms with Gasteiger partial charge in [-0.25, -0.2) is 0 Å². The molecule has 1 aromatic heterocycles. The van der Waals surface area contributed by atoms with Gasteiger partial charge < -0.3 is 19.7 Å². The van der Waals surface area contributed by atoms with Crippen molar-refractivity contribution >= 4 is 10.9 Å². The van der Waals surface area contributed by atoms with E-state index in [0.29, 0.717) is 24.4 Å². The minimum absolute atomic E-state index is 0.183. The van der Waals surface area contributed by atoms with E-state index in [2.05, 4.69) is 21.7 Å². The van der Waals surface area contributed by atoms with Crippen molar-refractivity contribution in [3.8, 4) is 5.75 Å². The molecule has 4 rings (SSSR count). The zero-order valence-corrected chi connectivity index (χ0v) is 18.8. The minimum atomic E-state index is -0.631. The summed E-state index contributed by atoms with van der Waals surface area (Å²) in [5.41, 5.74) is 2.32. The smallest absolute Gasteiger partial charge is 0.248 e. The van der Waals surface area contributed by atoms with Crippen LogP contribution in [0.4, 0.5) is 0 Å². The van der Waals surface area contributed by atoms with Crippen molar-refractivity contribution in [3.05, 3.63) is 76.1 Å². The molecule has 0 radical (unpaired) electrons. The lowest BCUT2D eigenvalue weighted by atomic mass is 10.0. The van der Waals surface area contributed by atoms with Crippen LogP contribution in [0.1, 0.15) is 37.0 Å².